The fourth-order valence-corrected chi connectivity index (χ4v) is 2.43. The number of carbonyl (C=O) groups is 1. The summed E-state index contributed by atoms with van der Waals surface area (Å²) < 4.78 is 0. The summed E-state index contributed by atoms with van der Waals surface area (Å²) in [5, 5.41) is 0. The Balaban J connectivity index is 2.07. The molecule has 0 bridgehead atoms. The molecule has 2 atom stereocenters. The maximum absolute atomic E-state index is 11.1. The number of rotatable bonds is 0. The number of fused-ring (bicyclic) bond motifs is 1. The van der Waals surface area contributed by atoms with Gasteiger partial charge in [-0.15, -0.1) is 0 Å². The van der Waals surface area contributed by atoms with Crippen LogP contribution in [0.25, 0.3) is 0 Å². The van der Waals surface area contributed by atoms with Crippen LogP contribution in [0.5, 0.6) is 0 Å². The van der Waals surface area contributed by atoms with Gasteiger partial charge in [0.15, 0.2) is 0 Å². The highest BCUT2D eigenvalue weighted by molar-refractivity contribution is 5.80. The van der Waals surface area contributed by atoms with E-state index in [-0.39, 0.29) is 0 Å². The Morgan fingerprint density at radius 2 is 2.27 bits per heavy atom. The Kier molecular flexibility index (Phi) is 1.72. The van der Waals surface area contributed by atoms with Crippen molar-refractivity contribution in [3.05, 3.63) is 0 Å². The van der Waals surface area contributed by atoms with Gasteiger partial charge in [0.05, 0.1) is 0 Å². The van der Waals surface area contributed by atoms with Gasteiger partial charge in [0, 0.05) is 18.9 Å². The van der Waals surface area contributed by atoms with Crippen LogP contribution in [0.1, 0.15) is 25.7 Å². The van der Waals surface area contributed by atoms with E-state index < -0.39 is 0 Å². The summed E-state index contributed by atoms with van der Waals surface area (Å²) in [5.41, 5.74) is 0. The van der Waals surface area contributed by atoms with Gasteiger partial charge in [0.2, 0.25) is 0 Å². The summed E-state index contributed by atoms with van der Waals surface area (Å²) in [6.45, 7) is 1.20. The molecule has 0 radical (unpaired) electrons. The van der Waals surface area contributed by atoms with E-state index in [1.54, 1.807) is 0 Å². The van der Waals surface area contributed by atoms with Crippen LogP contribution in [0.3, 0.4) is 0 Å². The van der Waals surface area contributed by atoms with E-state index in [0.29, 0.717) is 11.8 Å². The summed E-state index contributed by atoms with van der Waals surface area (Å²) in [7, 11) is 2.14. The molecular formula is C9H15NO. The van der Waals surface area contributed by atoms with Crippen LogP contribution in [-0.4, -0.2) is 30.3 Å². The summed E-state index contributed by atoms with van der Waals surface area (Å²) in [6.07, 6.45) is 4.12. The first-order valence-electron chi connectivity index (χ1n) is 4.49. The third-order valence-corrected chi connectivity index (χ3v) is 3.19. The van der Waals surface area contributed by atoms with Crippen LogP contribution < -0.4 is 0 Å². The van der Waals surface area contributed by atoms with Crippen molar-refractivity contribution in [2.24, 2.45) is 5.92 Å². The number of hydrogen-bond acceptors (Lipinski definition) is 2. The van der Waals surface area contributed by atoms with Gasteiger partial charge in [-0.1, -0.05) is 0 Å². The minimum absolute atomic E-state index is 0.472. The average Bonchev–Trinajstić information content (AvgIpc) is 2.33. The van der Waals surface area contributed by atoms with Crippen LogP contribution in [-0.2, 0) is 4.79 Å². The lowest BCUT2D eigenvalue weighted by Crippen LogP contribution is -2.35. The Labute approximate surface area is 67.6 Å². The largest absolute Gasteiger partial charge is 0.303 e. The molecule has 2 unspecified atom stereocenters. The molecule has 0 aromatic heterocycles. The van der Waals surface area contributed by atoms with Crippen LogP contribution in [0.15, 0.2) is 0 Å². The molecule has 1 aliphatic heterocycles. The zero-order chi connectivity index (χ0) is 7.84. The SMILES string of the molecule is CN1CCC2CCC(=O)CC21. The highest BCUT2D eigenvalue weighted by Crippen LogP contribution is 2.33. The molecule has 0 aromatic carbocycles. The Hall–Kier alpha value is -0.370. The zero-order valence-corrected chi connectivity index (χ0v) is 7.05. The van der Waals surface area contributed by atoms with E-state index in [4.69, 9.17) is 0 Å². The number of Topliss-reactive ketones (excluding diaryl/α,β-unsaturated/α-hetero) is 1. The Morgan fingerprint density at radius 1 is 1.45 bits per heavy atom. The van der Waals surface area contributed by atoms with Gasteiger partial charge >= 0.3 is 0 Å². The fourth-order valence-electron chi connectivity index (χ4n) is 2.43. The van der Waals surface area contributed by atoms with E-state index >= 15 is 0 Å². The summed E-state index contributed by atoms with van der Waals surface area (Å²) in [5.74, 6) is 1.30. The molecule has 11 heavy (non-hydrogen) atoms. The molecule has 0 aromatic rings. The van der Waals surface area contributed by atoms with Gasteiger partial charge in [-0.25, -0.2) is 0 Å². The molecule has 2 nitrogen and oxygen atoms in total. The van der Waals surface area contributed by atoms with Crippen molar-refractivity contribution in [2.45, 2.75) is 31.7 Å². The van der Waals surface area contributed by atoms with Gasteiger partial charge < -0.3 is 4.90 Å². The first kappa shape index (κ1) is 7.29. The fraction of sp³-hybridized carbons (Fsp3) is 0.889. The molecular weight excluding hydrogens is 138 g/mol. The normalized spacial score (nSPS) is 39.2. The lowest BCUT2D eigenvalue weighted by molar-refractivity contribution is -0.122. The van der Waals surface area contributed by atoms with Crippen LogP contribution in [0.2, 0.25) is 0 Å². The maximum atomic E-state index is 11.1. The number of likely N-dealkylation sites (tertiary alicyclic amines) is 1. The van der Waals surface area contributed by atoms with Crippen molar-refractivity contribution in [1.82, 2.24) is 4.90 Å². The number of ketones is 1. The highest BCUT2D eigenvalue weighted by atomic mass is 16.1. The molecule has 2 fully saturated rings. The summed E-state index contributed by atoms with van der Waals surface area (Å²) in [4.78, 5) is 13.5. The minimum Gasteiger partial charge on any atom is -0.303 e. The highest BCUT2D eigenvalue weighted by Gasteiger charge is 2.36. The monoisotopic (exact) mass is 153 g/mol. The molecule has 0 amide bonds. The van der Waals surface area contributed by atoms with Gasteiger partial charge in [-0.3, -0.25) is 4.79 Å². The van der Waals surface area contributed by atoms with Crippen molar-refractivity contribution in [3.8, 4) is 0 Å². The molecule has 62 valence electrons. The quantitative estimate of drug-likeness (QED) is 0.518. The Bertz CT molecular complexity index is 178. The second kappa shape index (κ2) is 2.59. The first-order valence-corrected chi connectivity index (χ1v) is 4.49. The lowest BCUT2D eigenvalue weighted by atomic mass is 9.84. The molecule has 1 saturated heterocycles. The maximum Gasteiger partial charge on any atom is 0.134 e. The van der Waals surface area contributed by atoms with E-state index in [2.05, 4.69) is 11.9 Å². The summed E-state index contributed by atoms with van der Waals surface area (Å²) in [6, 6.07) is 0.594. The standard InChI is InChI=1S/C9H15NO/c1-10-5-4-7-2-3-8(11)6-9(7)10/h7,9H,2-6H2,1H3. The molecule has 1 aliphatic carbocycles. The van der Waals surface area contributed by atoms with Crippen molar-refractivity contribution in [1.29, 1.82) is 0 Å². The number of carbonyl (C=O) groups excluding carboxylic acids is 1. The van der Waals surface area contributed by atoms with Crippen molar-refractivity contribution >= 4 is 5.78 Å². The number of nitrogens with zero attached hydrogens (tertiary/aromatic N) is 1. The Morgan fingerprint density at radius 3 is 3.09 bits per heavy atom. The van der Waals surface area contributed by atoms with Crippen molar-refractivity contribution in [2.75, 3.05) is 13.6 Å². The summed E-state index contributed by atoms with van der Waals surface area (Å²) >= 11 is 0. The topological polar surface area (TPSA) is 20.3 Å². The molecule has 2 aliphatic rings. The molecule has 1 saturated carbocycles. The van der Waals surface area contributed by atoms with Crippen LogP contribution in [0.4, 0.5) is 0 Å². The molecule has 2 rings (SSSR count). The van der Waals surface area contributed by atoms with E-state index in [1.807, 2.05) is 0 Å². The zero-order valence-electron chi connectivity index (χ0n) is 7.05. The van der Waals surface area contributed by atoms with Crippen molar-refractivity contribution < 1.29 is 4.79 Å². The van der Waals surface area contributed by atoms with Gasteiger partial charge in [0.25, 0.3) is 0 Å². The molecule has 2 heteroatoms. The van der Waals surface area contributed by atoms with Crippen LogP contribution >= 0.6 is 0 Å². The predicted molar refractivity (Wildman–Crippen MR) is 43.4 cm³/mol. The van der Waals surface area contributed by atoms with Gasteiger partial charge in [-0.05, 0) is 32.4 Å². The van der Waals surface area contributed by atoms with E-state index in [0.717, 1.165) is 25.2 Å². The van der Waals surface area contributed by atoms with E-state index in [1.165, 1.54) is 13.0 Å². The second-order valence-corrected chi connectivity index (χ2v) is 3.88. The van der Waals surface area contributed by atoms with Crippen molar-refractivity contribution in [3.63, 3.8) is 0 Å². The second-order valence-electron chi connectivity index (χ2n) is 3.88. The number of hydrogen-bond donors (Lipinski definition) is 0. The minimum atomic E-state index is 0.472. The first-order chi connectivity index (χ1) is 5.27. The lowest BCUT2D eigenvalue weighted by Gasteiger charge is -2.28. The third-order valence-electron chi connectivity index (χ3n) is 3.19. The average molecular weight is 153 g/mol. The smallest absolute Gasteiger partial charge is 0.134 e. The van der Waals surface area contributed by atoms with Crippen LogP contribution in [0, 0.1) is 5.92 Å². The van der Waals surface area contributed by atoms with E-state index in [9.17, 15) is 4.79 Å². The molecule has 0 N–H and O–H groups in total. The molecule has 1 heterocycles. The molecule has 0 spiro atoms. The van der Waals surface area contributed by atoms with Gasteiger partial charge in [0.1, 0.15) is 5.78 Å². The van der Waals surface area contributed by atoms with Gasteiger partial charge in [-0.2, -0.15) is 0 Å². The third kappa shape index (κ3) is 1.20. The predicted octanol–water partition coefficient (Wildman–Crippen LogP) is 1.06.